The highest BCUT2D eigenvalue weighted by atomic mass is 16.3. The van der Waals surface area contributed by atoms with Crippen LogP contribution in [0.25, 0.3) is 0 Å². The standard InChI is InChI=1S/C14H16N4O3/c1-9(16-8-10-5-4-6-15-7-10)11-12(19)17(2)14(21)18(3)13(11)20/h4-7,19H,8H2,1-3H3. The monoisotopic (exact) mass is 288 g/mol. The number of hydrogen-bond donors (Lipinski definition) is 1. The Morgan fingerprint density at radius 1 is 1.33 bits per heavy atom. The SMILES string of the molecule is CC(=NCc1cccnc1)c1c(O)n(C)c(=O)n(C)c1=O. The largest absolute Gasteiger partial charge is 0.494 e. The van der Waals surface area contributed by atoms with E-state index in [0.717, 1.165) is 14.7 Å². The number of aromatic hydroxyl groups is 1. The van der Waals surface area contributed by atoms with Crippen molar-refractivity contribution >= 4 is 5.71 Å². The van der Waals surface area contributed by atoms with Crippen molar-refractivity contribution in [2.24, 2.45) is 19.1 Å². The normalized spacial score (nSPS) is 11.7. The Labute approximate surface area is 120 Å². The molecule has 1 N–H and O–H groups in total. The molecule has 0 aliphatic rings. The van der Waals surface area contributed by atoms with Crippen molar-refractivity contribution in [3.05, 3.63) is 56.5 Å². The van der Waals surface area contributed by atoms with E-state index in [0.29, 0.717) is 12.3 Å². The van der Waals surface area contributed by atoms with E-state index in [-0.39, 0.29) is 11.4 Å². The van der Waals surface area contributed by atoms with Gasteiger partial charge in [-0.3, -0.25) is 23.9 Å². The van der Waals surface area contributed by atoms with Gasteiger partial charge >= 0.3 is 5.69 Å². The second-order valence-corrected chi connectivity index (χ2v) is 4.67. The van der Waals surface area contributed by atoms with Crippen molar-refractivity contribution in [2.45, 2.75) is 13.5 Å². The van der Waals surface area contributed by atoms with Crippen molar-refractivity contribution < 1.29 is 5.11 Å². The number of nitrogens with zero attached hydrogens (tertiary/aromatic N) is 4. The third kappa shape index (κ3) is 2.76. The van der Waals surface area contributed by atoms with Gasteiger partial charge in [0.25, 0.3) is 5.56 Å². The molecule has 2 rings (SSSR count). The molecule has 0 unspecified atom stereocenters. The van der Waals surface area contributed by atoms with Gasteiger partial charge in [-0.25, -0.2) is 4.79 Å². The minimum absolute atomic E-state index is 0.0310. The summed E-state index contributed by atoms with van der Waals surface area (Å²) < 4.78 is 1.96. The van der Waals surface area contributed by atoms with Gasteiger partial charge in [0.2, 0.25) is 5.88 Å². The number of rotatable bonds is 3. The zero-order valence-electron chi connectivity index (χ0n) is 12.1. The molecule has 2 aromatic rings. The maximum atomic E-state index is 12.1. The Balaban J connectivity index is 2.47. The molecule has 0 saturated carbocycles. The van der Waals surface area contributed by atoms with E-state index in [2.05, 4.69) is 9.98 Å². The lowest BCUT2D eigenvalue weighted by Crippen LogP contribution is -2.39. The first kappa shape index (κ1) is 14.7. The van der Waals surface area contributed by atoms with Crippen molar-refractivity contribution in [2.75, 3.05) is 0 Å². The molecule has 0 aliphatic carbocycles. The summed E-state index contributed by atoms with van der Waals surface area (Å²) in [5.74, 6) is -0.379. The van der Waals surface area contributed by atoms with E-state index in [1.807, 2.05) is 6.07 Å². The van der Waals surface area contributed by atoms with Gasteiger partial charge in [0.1, 0.15) is 5.56 Å². The molecular formula is C14H16N4O3. The number of pyridine rings is 1. The quantitative estimate of drug-likeness (QED) is 0.817. The lowest BCUT2D eigenvalue weighted by molar-refractivity contribution is 0.410. The van der Waals surface area contributed by atoms with Gasteiger partial charge in [-0.05, 0) is 18.6 Å². The highest BCUT2D eigenvalue weighted by Gasteiger charge is 2.16. The number of aliphatic imine (C=N–C) groups is 1. The smallest absolute Gasteiger partial charge is 0.333 e. The second-order valence-electron chi connectivity index (χ2n) is 4.67. The molecule has 21 heavy (non-hydrogen) atoms. The van der Waals surface area contributed by atoms with E-state index in [9.17, 15) is 14.7 Å². The lowest BCUT2D eigenvalue weighted by atomic mass is 10.2. The molecule has 0 amide bonds. The van der Waals surface area contributed by atoms with Crippen molar-refractivity contribution in [1.29, 1.82) is 0 Å². The summed E-state index contributed by atoms with van der Waals surface area (Å²) in [6, 6.07) is 3.66. The van der Waals surface area contributed by atoms with Crippen LogP contribution in [-0.2, 0) is 20.6 Å². The van der Waals surface area contributed by atoms with Crippen LogP contribution in [0.15, 0.2) is 39.1 Å². The van der Waals surface area contributed by atoms with Gasteiger partial charge in [0, 0.05) is 26.5 Å². The molecule has 0 bridgehead atoms. The third-order valence-corrected chi connectivity index (χ3v) is 3.22. The van der Waals surface area contributed by atoms with E-state index >= 15 is 0 Å². The first-order valence-corrected chi connectivity index (χ1v) is 6.32. The number of aromatic nitrogens is 3. The van der Waals surface area contributed by atoms with Crippen molar-refractivity contribution in [3.63, 3.8) is 0 Å². The van der Waals surface area contributed by atoms with Crippen LogP contribution in [-0.4, -0.2) is 24.9 Å². The number of hydrogen-bond acceptors (Lipinski definition) is 5. The molecule has 2 heterocycles. The molecule has 0 aliphatic heterocycles. The fourth-order valence-electron chi connectivity index (χ4n) is 1.93. The molecule has 2 aromatic heterocycles. The maximum Gasteiger partial charge on any atom is 0.333 e. The predicted octanol–water partition coefficient (Wildman–Crippen LogP) is 0.194. The highest BCUT2D eigenvalue weighted by Crippen LogP contribution is 2.11. The van der Waals surface area contributed by atoms with Crippen LogP contribution in [0.4, 0.5) is 0 Å². The van der Waals surface area contributed by atoms with E-state index < -0.39 is 11.2 Å². The van der Waals surface area contributed by atoms with Crippen LogP contribution in [0.5, 0.6) is 5.88 Å². The average Bonchev–Trinajstić information content (AvgIpc) is 2.50. The molecule has 0 fully saturated rings. The summed E-state index contributed by atoms with van der Waals surface area (Å²) in [5, 5.41) is 10.0. The zero-order chi connectivity index (χ0) is 15.6. The molecule has 7 nitrogen and oxygen atoms in total. The van der Waals surface area contributed by atoms with Gasteiger partial charge in [0.05, 0.1) is 12.3 Å². The summed E-state index contributed by atoms with van der Waals surface area (Å²) in [5.41, 5.74) is 0.137. The Kier molecular flexibility index (Phi) is 4.02. The van der Waals surface area contributed by atoms with Gasteiger partial charge in [-0.2, -0.15) is 0 Å². The minimum Gasteiger partial charge on any atom is -0.494 e. The first-order valence-electron chi connectivity index (χ1n) is 6.32. The summed E-state index contributed by atoms with van der Waals surface area (Å²) in [6.45, 7) is 1.96. The fraction of sp³-hybridized carbons (Fsp3) is 0.286. The van der Waals surface area contributed by atoms with E-state index in [4.69, 9.17) is 0 Å². The second kappa shape index (κ2) is 5.74. The van der Waals surface area contributed by atoms with Crippen LogP contribution in [0, 0.1) is 0 Å². The summed E-state index contributed by atoms with van der Waals surface area (Å²) in [7, 11) is 2.76. The Morgan fingerprint density at radius 2 is 2.05 bits per heavy atom. The lowest BCUT2D eigenvalue weighted by Gasteiger charge is -2.10. The Hall–Kier alpha value is -2.70. The van der Waals surface area contributed by atoms with Gasteiger partial charge in [0.15, 0.2) is 0 Å². The average molecular weight is 288 g/mol. The van der Waals surface area contributed by atoms with Crippen molar-refractivity contribution in [1.82, 2.24) is 14.1 Å². The topological polar surface area (TPSA) is 89.5 Å². The molecule has 0 aromatic carbocycles. The minimum atomic E-state index is -0.582. The third-order valence-electron chi connectivity index (χ3n) is 3.22. The predicted molar refractivity (Wildman–Crippen MR) is 78.7 cm³/mol. The molecule has 0 radical (unpaired) electrons. The molecular weight excluding hydrogens is 272 g/mol. The fourth-order valence-corrected chi connectivity index (χ4v) is 1.93. The van der Waals surface area contributed by atoms with Crippen LogP contribution in [0.2, 0.25) is 0 Å². The summed E-state index contributed by atoms with van der Waals surface area (Å²) in [6.07, 6.45) is 3.34. The van der Waals surface area contributed by atoms with E-state index in [1.54, 1.807) is 25.4 Å². The molecule has 7 heteroatoms. The molecule has 0 spiro atoms. The molecule has 110 valence electrons. The zero-order valence-corrected chi connectivity index (χ0v) is 12.1. The molecule has 0 atom stereocenters. The van der Waals surface area contributed by atoms with Crippen LogP contribution in [0.1, 0.15) is 18.1 Å². The van der Waals surface area contributed by atoms with E-state index in [1.165, 1.54) is 14.1 Å². The van der Waals surface area contributed by atoms with Gasteiger partial charge in [-0.15, -0.1) is 0 Å². The summed E-state index contributed by atoms with van der Waals surface area (Å²) in [4.78, 5) is 32.1. The van der Waals surface area contributed by atoms with Crippen LogP contribution in [0.3, 0.4) is 0 Å². The first-order chi connectivity index (χ1) is 9.93. The van der Waals surface area contributed by atoms with Crippen molar-refractivity contribution in [3.8, 4) is 5.88 Å². The Bertz CT molecular complexity index is 803. The maximum absolute atomic E-state index is 12.1. The van der Waals surface area contributed by atoms with Crippen LogP contribution < -0.4 is 11.2 Å². The highest BCUT2D eigenvalue weighted by molar-refractivity contribution is 6.00. The Morgan fingerprint density at radius 3 is 2.67 bits per heavy atom. The summed E-state index contributed by atoms with van der Waals surface area (Å²) >= 11 is 0. The molecule has 0 saturated heterocycles. The van der Waals surface area contributed by atoms with Crippen LogP contribution >= 0.6 is 0 Å². The van der Waals surface area contributed by atoms with Gasteiger partial charge < -0.3 is 5.11 Å². The van der Waals surface area contributed by atoms with Gasteiger partial charge in [-0.1, -0.05) is 6.07 Å².